The molecule has 18 heavy (non-hydrogen) atoms. The predicted molar refractivity (Wildman–Crippen MR) is 72.1 cm³/mol. The number of aromatic nitrogens is 1. The lowest BCUT2D eigenvalue weighted by atomic mass is 10.1. The van der Waals surface area contributed by atoms with Crippen molar-refractivity contribution in [2.24, 2.45) is 0 Å². The van der Waals surface area contributed by atoms with Gasteiger partial charge in [-0.25, -0.2) is 4.98 Å². The summed E-state index contributed by atoms with van der Waals surface area (Å²) in [6.07, 6.45) is 0.870. The monoisotopic (exact) mass is 245 g/mol. The number of nitrogens with zero attached hydrogens (tertiary/aromatic N) is 2. The highest BCUT2D eigenvalue weighted by Gasteiger charge is 2.15. The first-order chi connectivity index (χ1) is 8.58. The molecule has 0 aliphatic heterocycles. The van der Waals surface area contributed by atoms with Crippen LogP contribution >= 0.6 is 0 Å². The third-order valence-corrected chi connectivity index (χ3v) is 3.11. The van der Waals surface area contributed by atoms with Gasteiger partial charge < -0.3 is 5.32 Å². The Kier molecular flexibility index (Phi) is 3.14. The molecule has 0 saturated heterocycles. The maximum absolute atomic E-state index is 10.9. The summed E-state index contributed by atoms with van der Waals surface area (Å²) in [5.74, 6) is 0.786. The van der Waals surface area contributed by atoms with E-state index in [1.807, 2.05) is 6.07 Å². The molecule has 5 heteroatoms. The number of hydrogen-bond donors (Lipinski definition) is 1. The second kappa shape index (κ2) is 4.60. The summed E-state index contributed by atoms with van der Waals surface area (Å²) < 4.78 is 0. The number of fused-ring (bicyclic) bond motifs is 1. The average Bonchev–Trinajstić information content (AvgIpc) is 2.37. The molecule has 0 amide bonds. The number of nitro groups is 1. The van der Waals surface area contributed by atoms with Gasteiger partial charge in [-0.05, 0) is 31.0 Å². The van der Waals surface area contributed by atoms with Crippen LogP contribution in [0, 0.1) is 17.0 Å². The molecule has 0 unspecified atom stereocenters. The van der Waals surface area contributed by atoms with E-state index in [4.69, 9.17) is 0 Å². The van der Waals surface area contributed by atoms with Crippen LogP contribution in [0.15, 0.2) is 18.2 Å². The number of nitrogens with one attached hydrogen (secondary N) is 1. The zero-order valence-corrected chi connectivity index (χ0v) is 10.7. The van der Waals surface area contributed by atoms with Gasteiger partial charge in [0.1, 0.15) is 5.82 Å². The molecule has 2 aromatic rings. The third-order valence-electron chi connectivity index (χ3n) is 3.11. The van der Waals surface area contributed by atoms with Gasteiger partial charge in [-0.15, -0.1) is 0 Å². The maximum atomic E-state index is 10.9. The van der Waals surface area contributed by atoms with E-state index in [0.29, 0.717) is 11.1 Å². The summed E-state index contributed by atoms with van der Waals surface area (Å²) in [7, 11) is 1.81. The lowest BCUT2D eigenvalue weighted by Crippen LogP contribution is -2.00. The summed E-state index contributed by atoms with van der Waals surface area (Å²) in [6, 6.07) is 5.33. The first-order valence-corrected chi connectivity index (χ1v) is 5.83. The van der Waals surface area contributed by atoms with Crippen LogP contribution in [0.1, 0.15) is 18.1 Å². The summed E-state index contributed by atoms with van der Waals surface area (Å²) in [5, 5.41) is 14.9. The van der Waals surface area contributed by atoms with Crippen molar-refractivity contribution in [3.05, 3.63) is 39.4 Å². The Balaban J connectivity index is 2.77. The average molecular weight is 245 g/mol. The van der Waals surface area contributed by atoms with Crippen LogP contribution < -0.4 is 5.32 Å². The fourth-order valence-electron chi connectivity index (χ4n) is 2.10. The van der Waals surface area contributed by atoms with Gasteiger partial charge >= 0.3 is 0 Å². The summed E-state index contributed by atoms with van der Waals surface area (Å²) in [4.78, 5) is 15.0. The zero-order valence-electron chi connectivity index (χ0n) is 10.7. The summed E-state index contributed by atoms with van der Waals surface area (Å²) >= 11 is 0. The molecule has 5 nitrogen and oxygen atoms in total. The molecule has 1 heterocycles. The fourth-order valence-corrected chi connectivity index (χ4v) is 2.10. The van der Waals surface area contributed by atoms with Gasteiger partial charge in [-0.3, -0.25) is 10.1 Å². The highest BCUT2D eigenvalue weighted by molar-refractivity contribution is 5.87. The van der Waals surface area contributed by atoms with Crippen LogP contribution in [0.4, 0.5) is 11.5 Å². The van der Waals surface area contributed by atoms with E-state index in [1.54, 1.807) is 20.0 Å². The van der Waals surface area contributed by atoms with E-state index in [-0.39, 0.29) is 10.6 Å². The van der Waals surface area contributed by atoms with Crippen molar-refractivity contribution in [3.8, 4) is 0 Å². The third kappa shape index (κ3) is 1.88. The minimum Gasteiger partial charge on any atom is -0.373 e. The minimum atomic E-state index is -0.372. The quantitative estimate of drug-likeness (QED) is 0.666. The van der Waals surface area contributed by atoms with Crippen molar-refractivity contribution in [2.75, 3.05) is 12.4 Å². The van der Waals surface area contributed by atoms with Crippen LogP contribution in [0.5, 0.6) is 0 Å². The molecule has 0 atom stereocenters. The molecular weight excluding hydrogens is 230 g/mol. The van der Waals surface area contributed by atoms with E-state index in [9.17, 15) is 10.1 Å². The molecule has 94 valence electrons. The van der Waals surface area contributed by atoms with E-state index in [0.717, 1.165) is 23.2 Å². The van der Waals surface area contributed by atoms with Gasteiger partial charge in [0.25, 0.3) is 5.69 Å². The molecule has 1 aromatic heterocycles. The second-order valence-electron chi connectivity index (χ2n) is 4.14. The lowest BCUT2D eigenvalue weighted by molar-refractivity contribution is -0.385. The minimum absolute atomic E-state index is 0.112. The van der Waals surface area contributed by atoms with Gasteiger partial charge in [0.05, 0.1) is 16.0 Å². The largest absolute Gasteiger partial charge is 0.373 e. The number of pyridine rings is 1. The molecular formula is C13H15N3O2. The van der Waals surface area contributed by atoms with Gasteiger partial charge in [0.15, 0.2) is 0 Å². The molecule has 0 saturated carbocycles. The van der Waals surface area contributed by atoms with Gasteiger partial charge in [0.2, 0.25) is 0 Å². The predicted octanol–water partition coefficient (Wildman–Crippen LogP) is 3.06. The zero-order chi connectivity index (χ0) is 13.3. The Bertz CT molecular complexity index is 623. The van der Waals surface area contributed by atoms with E-state index in [1.165, 1.54) is 6.07 Å². The van der Waals surface area contributed by atoms with Crippen molar-refractivity contribution >= 4 is 22.4 Å². The number of aryl methyl sites for hydroxylation is 2. The van der Waals surface area contributed by atoms with Crippen LogP contribution in [-0.2, 0) is 6.42 Å². The first kappa shape index (κ1) is 12.3. The standard InChI is InChI=1S/C13H15N3O2/c1-4-9-7-10-5-6-11(16(17)18)8(2)12(10)15-13(9)14-3/h5-7H,4H2,1-3H3,(H,14,15). The molecule has 0 aliphatic rings. The highest BCUT2D eigenvalue weighted by Crippen LogP contribution is 2.28. The van der Waals surface area contributed by atoms with Crippen LogP contribution in [0.25, 0.3) is 10.9 Å². The first-order valence-electron chi connectivity index (χ1n) is 5.83. The molecule has 2 rings (SSSR count). The molecule has 1 aromatic carbocycles. The number of rotatable bonds is 3. The number of anilines is 1. The molecule has 1 N–H and O–H groups in total. The SMILES string of the molecule is CCc1cc2ccc([N+](=O)[O-])c(C)c2nc1NC. The Morgan fingerprint density at radius 2 is 2.17 bits per heavy atom. The van der Waals surface area contributed by atoms with Crippen molar-refractivity contribution in [3.63, 3.8) is 0 Å². The lowest BCUT2D eigenvalue weighted by Gasteiger charge is -2.10. The second-order valence-corrected chi connectivity index (χ2v) is 4.14. The molecule has 0 radical (unpaired) electrons. The number of nitro benzene ring substituents is 1. The van der Waals surface area contributed by atoms with Crippen LogP contribution in [0.2, 0.25) is 0 Å². The van der Waals surface area contributed by atoms with Gasteiger partial charge in [-0.2, -0.15) is 0 Å². The molecule has 0 aliphatic carbocycles. The normalized spacial score (nSPS) is 10.6. The van der Waals surface area contributed by atoms with Crippen molar-refractivity contribution in [1.82, 2.24) is 4.98 Å². The van der Waals surface area contributed by atoms with Crippen molar-refractivity contribution < 1.29 is 4.92 Å². The van der Waals surface area contributed by atoms with E-state index >= 15 is 0 Å². The molecule has 0 bridgehead atoms. The van der Waals surface area contributed by atoms with Crippen molar-refractivity contribution in [2.45, 2.75) is 20.3 Å². The Morgan fingerprint density at radius 1 is 1.44 bits per heavy atom. The molecule has 0 fully saturated rings. The van der Waals surface area contributed by atoms with Gasteiger partial charge in [-0.1, -0.05) is 6.92 Å². The fraction of sp³-hybridized carbons (Fsp3) is 0.308. The van der Waals surface area contributed by atoms with Gasteiger partial charge in [0, 0.05) is 18.5 Å². The smallest absolute Gasteiger partial charge is 0.274 e. The Morgan fingerprint density at radius 3 is 2.72 bits per heavy atom. The van der Waals surface area contributed by atoms with E-state index < -0.39 is 0 Å². The number of benzene rings is 1. The van der Waals surface area contributed by atoms with Crippen LogP contribution in [-0.4, -0.2) is 17.0 Å². The van der Waals surface area contributed by atoms with Crippen molar-refractivity contribution in [1.29, 1.82) is 0 Å². The maximum Gasteiger partial charge on any atom is 0.274 e. The Hall–Kier alpha value is -2.17. The summed E-state index contributed by atoms with van der Waals surface area (Å²) in [6.45, 7) is 3.79. The Labute approximate surface area is 105 Å². The summed E-state index contributed by atoms with van der Waals surface area (Å²) in [5.41, 5.74) is 2.52. The highest BCUT2D eigenvalue weighted by atomic mass is 16.6. The topological polar surface area (TPSA) is 68.1 Å². The van der Waals surface area contributed by atoms with Crippen LogP contribution in [0.3, 0.4) is 0 Å². The van der Waals surface area contributed by atoms with E-state index in [2.05, 4.69) is 17.2 Å². The molecule has 0 spiro atoms. The number of hydrogen-bond acceptors (Lipinski definition) is 4.